The largest absolute Gasteiger partial charge is 0.325 e. The van der Waals surface area contributed by atoms with E-state index in [1.165, 1.54) is 19.3 Å². The van der Waals surface area contributed by atoms with Gasteiger partial charge in [-0.05, 0) is 26.7 Å². The van der Waals surface area contributed by atoms with E-state index in [0.29, 0.717) is 12.0 Å². The Hall–Kier alpha value is -1.59. The molecule has 1 fully saturated rings. The van der Waals surface area contributed by atoms with Crippen molar-refractivity contribution in [2.75, 3.05) is 12.4 Å². The summed E-state index contributed by atoms with van der Waals surface area (Å²) in [5.74, 6) is 0.392. The van der Waals surface area contributed by atoms with Gasteiger partial charge in [-0.2, -0.15) is 0 Å². The monoisotopic (exact) mass is 265 g/mol. The fourth-order valence-corrected chi connectivity index (χ4v) is 2.27. The quantitative estimate of drug-likeness (QED) is 0.913. The van der Waals surface area contributed by atoms with Gasteiger partial charge in [-0.15, -0.1) is 5.10 Å². The van der Waals surface area contributed by atoms with E-state index in [9.17, 15) is 4.79 Å². The number of carbonyl (C=O) groups excluding carboxylic acids is 1. The molecule has 0 aromatic carbocycles. The number of nitrogens with one attached hydrogen (secondary N) is 1. The molecule has 0 aliphatic heterocycles. The molecule has 19 heavy (non-hydrogen) atoms. The van der Waals surface area contributed by atoms with Crippen LogP contribution in [-0.2, 0) is 0 Å². The lowest BCUT2D eigenvalue weighted by Gasteiger charge is -2.21. The normalized spacial score (nSPS) is 16.6. The van der Waals surface area contributed by atoms with E-state index in [2.05, 4.69) is 15.4 Å². The second-order valence-corrected chi connectivity index (χ2v) is 5.47. The molecule has 2 rings (SSSR count). The number of nitrogens with zero attached hydrogens (tertiary/aromatic N) is 4. The van der Waals surface area contributed by atoms with Gasteiger partial charge < -0.3 is 4.90 Å². The highest BCUT2D eigenvalue weighted by molar-refractivity contribution is 5.87. The molecule has 0 saturated heterocycles. The van der Waals surface area contributed by atoms with Crippen molar-refractivity contribution in [3.63, 3.8) is 0 Å². The lowest BCUT2D eigenvalue weighted by molar-refractivity contribution is 0.211. The van der Waals surface area contributed by atoms with Gasteiger partial charge in [-0.3, -0.25) is 5.32 Å². The van der Waals surface area contributed by atoms with Gasteiger partial charge >= 0.3 is 6.03 Å². The van der Waals surface area contributed by atoms with E-state index in [4.69, 9.17) is 0 Å². The smallest absolute Gasteiger partial charge is 0.324 e. The van der Waals surface area contributed by atoms with Crippen LogP contribution in [0, 0.1) is 0 Å². The minimum atomic E-state index is -0.170. The molecule has 0 spiro atoms. The summed E-state index contributed by atoms with van der Waals surface area (Å²) in [5, 5.41) is 7.09. The number of amides is 2. The van der Waals surface area contributed by atoms with E-state index < -0.39 is 0 Å². The van der Waals surface area contributed by atoms with Gasteiger partial charge in [0.15, 0.2) is 0 Å². The second-order valence-electron chi connectivity index (χ2n) is 5.47. The molecule has 1 aromatic heterocycles. The van der Waals surface area contributed by atoms with Crippen LogP contribution < -0.4 is 5.32 Å². The Kier molecular flexibility index (Phi) is 4.39. The Morgan fingerprint density at radius 2 is 2.11 bits per heavy atom. The maximum Gasteiger partial charge on any atom is 0.324 e. The van der Waals surface area contributed by atoms with Crippen molar-refractivity contribution in [2.24, 2.45) is 0 Å². The highest BCUT2D eigenvalue weighted by atomic mass is 16.2. The molecule has 1 aliphatic carbocycles. The fraction of sp³-hybridized carbons (Fsp3) is 0.769. The molecule has 0 unspecified atom stereocenters. The van der Waals surface area contributed by atoms with Crippen molar-refractivity contribution in [1.29, 1.82) is 0 Å². The SMILES string of the molecule is CC(C)N(C)C(=O)Nc1ncn(C2CCCCC2)n1. The summed E-state index contributed by atoms with van der Waals surface area (Å²) in [6, 6.07) is 0.423. The number of aromatic nitrogens is 3. The minimum absolute atomic E-state index is 0.153. The van der Waals surface area contributed by atoms with Crippen LogP contribution in [0.4, 0.5) is 10.7 Å². The first-order valence-corrected chi connectivity index (χ1v) is 7.03. The first kappa shape index (κ1) is 13.8. The summed E-state index contributed by atoms with van der Waals surface area (Å²) < 4.78 is 1.89. The first-order chi connectivity index (χ1) is 9.08. The standard InChI is InChI=1S/C13H23N5O/c1-10(2)17(3)13(19)15-12-14-9-18(16-12)11-7-5-4-6-8-11/h9-11H,4-8H2,1-3H3,(H,15,16,19). The zero-order valence-corrected chi connectivity index (χ0v) is 12.0. The van der Waals surface area contributed by atoms with E-state index in [-0.39, 0.29) is 12.1 Å². The molecule has 6 heteroatoms. The Morgan fingerprint density at radius 1 is 1.42 bits per heavy atom. The van der Waals surface area contributed by atoms with Gasteiger partial charge in [-0.1, -0.05) is 19.3 Å². The summed E-state index contributed by atoms with van der Waals surface area (Å²) >= 11 is 0. The van der Waals surface area contributed by atoms with Gasteiger partial charge in [0, 0.05) is 13.1 Å². The average molecular weight is 265 g/mol. The molecule has 1 saturated carbocycles. The van der Waals surface area contributed by atoms with E-state index >= 15 is 0 Å². The lowest BCUT2D eigenvalue weighted by atomic mass is 9.96. The maximum atomic E-state index is 11.9. The fourth-order valence-electron chi connectivity index (χ4n) is 2.27. The van der Waals surface area contributed by atoms with Crippen LogP contribution in [0.15, 0.2) is 6.33 Å². The summed E-state index contributed by atoms with van der Waals surface area (Å²) in [7, 11) is 1.76. The van der Waals surface area contributed by atoms with Crippen LogP contribution in [-0.4, -0.2) is 38.8 Å². The Bertz CT molecular complexity index is 422. The zero-order chi connectivity index (χ0) is 13.8. The molecule has 0 radical (unpaired) electrons. The molecule has 6 nitrogen and oxygen atoms in total. The highest BCUT2D eigenvalue weighted by Crippen LogP contribution is 2.27. The topological polar surface area (TPSA) is 63.1 Å². The summed E-state index contributed by atoms with van der Waals surface area (Å²) in [4.78, 5) is 17.7. The molecular formula is C13H23N5O. The third kappa shape index (κ3) is 3.45. The van der Waals surface area contributed by atoms with Crippen LogP contribution in [0.2, 0.25) is 0 Å². The molecule has 2 amide bonds. The first-order valence-electron chi connectivity index (χ1n) is 7.03. The average Bonchev–Trinajstić information content (AvgIpc) is 2.87. The van der Waals surface area contributed by atoms with Gasteiger partial charge in [0.2, 0.25) is 5.95 Å². The molecular weight excluding hydrogens is 242 g/mol. The summed E-state index contributed by atoms with van der Waals surface area (Å²) in [6.45, 7) is 3.93. The Labute approximate surface area is 114 Å². The van der Waals surface area contributed by atoms with E-state index in [1.54, 1.807) is 18.3 Å². The predicted octanol–water partition coefficient (Wildman–Crippen LogP) is 2.66. The summed E-state index contributed by atoms with van der Waals surface area (Å²) in [5.41, 5.74) is 0. The van der Waals surface area contributed by atoms with Crippen molar-refractivity contribution in [3.05, 3.63) is 6.33 Å². The molecule has 1 heterocycles. The third-order valence-corrected chi connectivity index (χ3v) is 3.77. The predicted molar refractivity (Wildman–Crippen MR) is 74.1 cm³/mol. The van der Waals surface area contributed by atoms with Gasteiger partial charge in [0.25, 0.3) is 0 Å². The number of urea groups is 1. The van der Waals surface area contributed by atoms with Crippen LogP contribution in [0.1, 0.15) is 52.0 Å². The maximum absolute atomic E-state index is 11.9. The Balaban J connectivity index is 1.95. The minimum Gasteiger partial charge on any atom is -0.325 e. The Morgan fingerprint density at radius 3 is 2.74 bits per heavy atom. The van der Waals surface area contributed by atoms with Crippen LogP contribution in [0.25, 0.3) is 0 Å². The third-order valence-electron chi connectivity index (χ3n) is 3.77. The van der Waals surface area contributed by atoms with E-state index in [1.807, 2.05) is 18.5 Å². The zero-order valence-electron chi connectivity index (χ0n) is 12.0. The number of anilines is 1. The number of hydrogen-bond donors (Lipinski definition) is 1. The van der Waals surface area contributed by atoms with Crippen molar-refractivity contribution in [2.45, 2.75) is 58.0 Å². The van der Waals surface area contributed by atoms with Crippen LogP contribution in [0.5, 0.6) is 0 Å². The molecule has 1 aromatic rings. The molecule has 106 valence electrons. The van der Waals surface area contributed by atoms with Gasteiger partial charge in [0.05, 0.1) is 6.04 Å². The van der Waals surface area contributed by atoms with Crippen LogP contribution >= 0.6 is 0 Å². The molecule has 0 atom stereocenters. The molecule has 1 aliphatic rings. The highest BCUT2D eigenvalue weighted by Gasteiger charge is 2.18. The van der Waals surface area contributed by atoms with Crippen molar-refractivity contribution < 1.29 is 4.79 Å². The summed E-state index contributed by atoms with van der Waals surface area (Å²) in [6.07, 6.45) is 7.85. The van der Waals surface area contributed by atoms with Crippen molar-refractivity contribution in [3.8, 4) is 0 Å². The molecule has 1 N–H and O–H groups in total. The van der Waals surface area contributed by atoms with Gasteiger partial charge in [0.1, 0.15) is 6.33 Å². The van der Waals surface area contributed by atoms with Gasteiger partial charge in [-0.25, -0.2) is 14.5 Å². The van der Waals surface area contributed by atoms with Crippen molar-refractivity contribution in [1.82, 2.24) is 19.7 Å². The number of carbonyl (C=O) groups is 1. The second kappa shape index (κ2) is 6.04. The van der Waals surface area contributed by atoms with Crippen LogP contribution in [0.3, 0.4) is 0 Å². The number of hydrogen-bond acceptors (Lipinski definition) is 3. The van der Waals surface area contributed by atoms with E-state index in [0.717, 1.165) is 12.8 Å². The molecule has 0 bridgehead atoms. The lowest BCUT2D eigenvalue weighted by Crippen LogP contribution is -2.36. The number of rotatable bonds is 3. The van der Waals surface area contributed by atoms with Crippen molar-refractivity contribution >= 4 is 12.0 Å².